The summed E-state index contributed by atoms with van der Waals surface area (Å²) >= 11 is 0. The Labute approximate surface area is 325 Å². The van der Waals surface area contributed by atoms with E-state index in [0.717, 1.165) is 89.9 Å². The van der Waals surface area contributed by atoms with Gasteiger partial charge in [-0.05, 0) is 77.0 Å². The van der Waals surface area contributed by atoms with Crippen LogP contribution in [0.4, 0.5) is 0 Å². The van der Waals surface area contributed by atoms with Gasteiger partial charge in [-0.1, -0.05) is 137 Å². The number of phosphoric acid groups is 1. The van der Waals surface area contributed by atoms with E-state index in [9.17, 15) is 19.4 Å². The largest absolute Gasteiger partial charge is 0.472 e. The van der Waals surface area contributed by atoms with Crippen LogP contribution in [0.15, 0.2) is 85.1 Å². The van der Waals surface area contributed by atoms with E-state index in [1.54, 1.807) is 6.08 Å². The van der Waals surface area contributed by atoms with Crippen LogP contribution >= 0.6 is 7.82 Å². The Morgan fingerprint density at radius 2 is 1.15 bits per heavy atom. The fourth-order valence-corrected chi connectivity index (χ4v) is 5.82. The van der Waals surface area contributed by atoms with Gasteiger partial charge >= 0.3 is 7.82 Å². The minimum atomic E-state index is -4.35. The molecule has 0 bridgehead atoms. The van der Waals surface area contributed by atoms with E-state index in [1.165, 1.54) is 25.7 Å². The lowest BCUT2D eigenvalue weighted by Crippen LogP contribution is -2.45. The molecule has 53 heavy (non-hydrogen) atoms. The number of amides is 1. The van der Waals surface area contributed by atoms with Gasteiger partial charge in [-0.25, -0.2) is 4.57 Å². The Morgan fingerprint density at radius 1 is 0.660 bits per heavy atom. The first-order valence-corrected chi connectivity index (χ1v) is 22.0. The van der Waals surface area contributed by atoms with Crippen LogP contribution in [0.3, 0.4) is 0 Å². The third-order valence-corrected chi connectivity index (χ3v) is 9.33. The topological polar surface area (TPSA) is 105 Å². The molecule has 3 atom stereocenters. The normalized spacial score (nSPS) is 15.4. The number of carbonyl (C=O) groups excluding carboxylic acids is 1. The second kappa shape index (κ2) is 35.4. The predicted molar refractivity (Wildman–Crippen MR) is 226 cm³/mol. The number of nitrogens with zero attached hydrogens (tertiary/aromatic N) is 1. The van der Waals surface area contributed by atoms with Crippen molar-refractivity contribution in [2.45, 2.75) is 148 Å². The molecule has 0 aromatic heterocycles. The molecular weight excluding hydrogens is 683 g/mol. The number of rotatable bonds is 35. The maximum Gasteiger partial charge on any atom is 0.472 e. The third kappa shape index (κ3) is 37.8. The van der Waals surface area contributed by atoms with E-state index in [2.05, 4.69) is 92.1 Å². The number of aliphatic hydroxyl groups is 1. The van der Waals surface area contributed by atoms with Crippen LogP contribution in [0.1, 0.15) is 136 Å². The molecule has 0 aliphatic carbocycles. The molecule has 0 rings (SSSR count). The predicted octanol–water partition coefficient (Wildman–Crippen LogP) is 11.0. The highest BCUT2D eigenvalue weighted by atomic mass is 31.2. The van der Waals surface area contributed by atoms with Crippen molar-refractivity contribution in [1.29, 1.82) is 0 Å². The van der Waals surface area contributed by atoms with Crippen LogP contribution in [0.5, 0.6) is 0 Å². The number of allylic oxidation sites excluding steroid dienone is 13. The summed E-state index contributed by atoms with van der Waals surface area (Å²) in [6, 6.07) is -0.876. The minimum absolute atomic E-state index is 0.0468. The monoisotopic (exact) mass is 762 g/mol. The van der Waals surface area contributed by atoms with Crippen molar-refractivity contribution >= 4 is 13.7 Å². The van der Waals surface area contributed by atoms with E-state index >= 15 is 0 Å². The summed E-state index contributed by atoms with van der Waals surface area (Å²) in [5.41, 5.74) is 0. The Balaban J connectivity index is 4.48. The lowest BCUT2D eigenvalue weighted by atomic mass is 10.1. The van der Waals surface area contributed by atoms with Gasteiger partial charge in [0.1, 0.15) is 13.2 Å². The molecule has 9 heteroatoms. The minimum Gasteiger partial charge on any atom is -0.387 e. The summed E-state index contributed by atoms with van der Waals surface area (Å²) in [6.07, 6.45) is 48.0. The lowest BCUT2D eigenvalue weighted by Gasteiger charge is -2.25. The first kappa shape index (κ1) is 50.7. The fraction of sp³-hybridized carbons (Fsp3) is 0.659. The molecule has 0 radical (unpaired) electrons. The molecule has 3 unspecified atom stereocenters. The standard InChI is InChI=1S/C44H77N2O6P/c1-6-8-10-12-14-16-18-19-20-21-22-23-24-25-26-27-28-30-32-34-36-38-44(48)45-42(41-52-53(49,50)51-40-39-46(3,4)5)43(47)37-35-33-31-29-17-15-13-11-9-7-2/h8,10,14,16-17,19-20,22-23,25-26,29,35,37,42-43,47H,6-7,9,11-13,15,18,21,24,27-28,30-34,36,38-41H2,1-5H3,(H-,45,48,49,50)/p+1/b10-8-,16-14-,20-19-,23-22-,26-25-,29-17+,37-35+. The van der Waals surface area contributed by atoms with Gasteiger partial charge in [0.15, 0.2) is 0 Å². The molecule has 0 saturated heterocycles. The van der Waals surface area contributed by atoms with Crippen LogP contribution in [0.25, 0.3) is 0 Å². The third-order valence-electron chi connectivity index (χ3n) is 8.35. The van der Waals surface area contributed by atoms with Crippen LogP contribution in [-0.2, 0) is 18.4 Å². The number of carbonyl (C=O) groups is 1. The summed E-state index contributed by atoms with van der Waals surface area (Å²) in [5.74, 6) is -0.213. The molecule has 0 spiro atoms. The van der Waals surface area contributed by atoms with Gasteiger partial charge in [0.25, 0.3) is 0 Å². The van der Waals surface area contributed by atoms with Gasteiger partial charge < -0.3 is 19.8 Å². The first-order valence-electron chi connectivity index (χ1n) is 20.5. The van der Waals surface area contributed by atoms with Gasteiger partial charge in [-0.2, -0.15) is 0 Å². The highest BCUT2D eigenvalue weighted by molar-refractivity contribution is 7.47. The lowest BCUT2D eigenvalue weighted by molar-refractivity contribution is -0.870. The molecule has 304 valence electrons. The molecular formula is C44H78N2O6P+. The van der Waals surface area contributed by atoms with Crippen molar-refractivity contribution in [3.63, 3.8) is 0 Å². The maximum absolute atomic E-state index is 12.8. The number of nitrogens with one attached hydrogen (secondary N) is 1. The fourth-order valence-electron chi connectivity index (χ4n) is 5.08. The summed E-state index contributed by atoms with van der Waals surface area (Å²) in [4.78, 5) is 23.0. The van der Waals surface area contributed by atoms with Crippen molar-refractivity contribution in [1.82, 2.24) is 5.32 Å². The van der Waals surface area contributed by atoms with E-state index < -0.39 is 20.0 Å². The Hall–Kier alpha value is -2.32. The van der Waals surface area contributed by atoms with E-state index in [1.807, 2.05) is 27.2 Å². The number of hydrogen-bond donors (Lipinski definition) is 3. The zero-order valence-corrected chi connectivity index (χ0v) is 35.1. The quantitative estimate of drug-likeness (QED) is 0.0257. The van der Waals surface area contributed by atoms with Crippen molar-refractivity contribution in [3.05, 3.63) is 85.1 Å². The molecule has 0 aromatic rings. The van der Waals surface area contributed by atoms with Crippen LogP contribution in [0.2, 0.25) is 0 Å². The summed E-state index contributed by atoms with van der Waals surface area (Å²) in [6.45, 7) is 4.59. The highest BCUT2D eigenvalue weighted by Gasteiger charge is 2.27. The smallest absolute Gasteiger partial charge is 0.387 e. The summed E-state index contributed by atoms with van der Waals surface area (Å²) < 4.78 is 23.4. The number of hydrogen-bond acceptors (Lipinski definition) is 5. The number of phosphoric ester groups is 1. The van der Waals surface area contributed by atoms with Crippen molar-refractivity contribution in [3.8, 4) is 0 Å². The number of unbranched alkanes of at least 4 members (excludes halogenated alkanes) is 10. The molecule has 0 heterocycles. The van der Waals surface area contributed by atoms with E-state index in [0.29, 0.717) is 17.4 Å². The van der Waals surface area contributed by atoms with Gasteiger partial charge in [0, 0.05) is 6.42 Å². The Morgan fingerprint density at radius 3 is 1.74 bits per heavy atom. The molecule has 0 aliphatic rings. The Kier molecular flexibility index (Phi) is 33.8. The zero-order valence-electron chi connectivity index (χ0n) is 34.2. The molecule has 3 N–H and O–H groups in total. The van der Waals surface area contributed by atoms with E-state index in [-0.39, 0.29) is 19.1 Å². The zero-order chi connectivity index (χ0) is 39.3. The number of likely N-dealkylation sites (N-methyl/N-ethyl adjacent to an activating group) is 1. The van der Waals surface area contributed by atoms with Gasteiger partial charge in [-0.3, -0.25) is 13.8 Å². The summed E-state index contributed by atoms with van der Waals surface area (Å²) in [5, 5.41) is 13.7. The van der Waals surface area contributed by atoms with Crippen molar-refractivity contribution < 1.29 is 32.9 Å². The number of quaternary nitrogens is 1. The molecule has 0 aromatic carbocycles. The van der Waals surface area contributed by atoms with Gasteiger partial charge in [-0.15, -0.1) is 0 Å². The molecule has 8 nitrogen and oxygen atoms in total. The number of aliphatic hydroxyl groups excluding tert-OH is 1. The average Bonchev–Trinajstić information content (AvgIpc) is 3.10. The summed E-state index contributed by atoms with van der Waals surface area (Å²) in [7, 11) is 1.52. The maximum atomic E-state index is 12.8. The second-order valence-corrected chi connectivity index (χ2v) is 16.1. The van der Waals surface area contributed by atoms with Crippen molar-refractivity contribution in [2.24, 2.45) is 0 Å². The van der Waals surface area contributed by atoms with E-state index in [4.69, 9.17) is 9.05 Å². The van der Waals surface area contributed by atoms with Crippen LogP contribution in [0, 0.1) is 0 Å². The molecule has 0 aliphatic heterocycles. The van der Waals surface area contributed by atoms with Gasteiger partial charge in [0.2, 0.25) is 5.91 Å². The molecule has 0 saturated carbocycles. The average molecular weight is 762 g/mol. The first-order chi connectivity index (χ1) is 25.5. The van der Waals surface area contributed by atoms with Crippen molar-refractivity contribution in [2.75, 3.05) is 40.9 Å². The molecule has 0 fully saturated rings. The van der Waals surface area contributed by atoms with Crippen LogP contribution in [-0.4, -0.2) is 73.4 Å². The molecule has 1 amide bonds. The highest BCUT2D eigenvalue weighted by Crippen LogP contribution is 2.43. The second-order valence-electron chi connectivity index (χ2n) is 14.6. The Bertz CT molecular complexity index is 1140. The van der Waals surface area contributed by atoms with Crippen LogP contribution < -0.4 is 5.32 Å². The van der Waals surface area contributed by atoms with Gasteiger partial charge in [0.05, 0.1) is 39.9 Å². The SMILES string of the molecule is CC/C=C\C/C=C\C/C=C\C/C=C\C/C=C\CCCCCCCC(=O)NC(COP(=O)(O)OCC[N+](C)(C)C)C(O)/C=C/CC/C=C/CCCCCC.